The van der Waals surface area contributed by atoms with Crippen LogP contribution in [-0.4, -0.2) is 110 Å². The minimum Gasteiger partial charge on any atom is -0.508 e. The van der Waals surface area contributed by atoms with Gasteiger partial charge in [-0.15, -0.1) is 0 Å². The average molecular weight is 579 g/mol. The molecule has 0 aliphatic carbocycles. The molecule has 222 valence electrons. The zero-order valence-corrected chi connectivity index (χ0v) is 21.6. The first-order valence-electron chi connectivity index (χ1n) is 12.7. The highest BCUT2D eigenvalue weighted by molar-refractivity contribution is 5.88. The lowest BCUT2D eigenvalue weighted by molar-refractivity contribution is -0.325. The molecular weight excluding hydrogens is 548 g/mol. The Morgan fingerprint density at radius 3 is 2.32 bits per heavy atom. The van der Waals surface area contributed by atoms with Crippen molar-refractivity contribution >= 4 is 11.0 Å². The number of aliphatic hydroxyl groups excluding tert-OH is 6. The van der Waals surface area contributed by atoms with Gasteiger partial charge in [0.25, 0.3) is 0 Å². The topological polar surface area (TPSA) is 229 Å². The van der Waals surface area contributed by atoms with Gasteiger partial charge in [-0.05, 0) is 24.3 Å². The van der Waals surface area contributed by atoms with Gasteiger partial charge in [0, 0.05) is 17.7 Å². The van der Waals surface area contributed by atoms with Crippen LogP contribution >= 0.6 is 0 Å². The third-order valence-electron chi connectivity index (χ3n) is 7.26. The molecule has 14 nitrogen and oxygen atoms in total. The number of hydrogen-bond donors (Lipinski definition) is 8. The summed E-state index contributed by atoms with van der Waals surface area (Å²) in [6.07, 6.45) is -14.4. The van der Waals surface area contributed by atoms with E-state index in [0.29, 0.717) is 5.56 Å². The Morgan fingerprint density at radius 1 is 0.951 bits per heavy atom. The molecule has 3 heterocycles. The van der Waals surface area contributed by atoms with Gasteiger partial charge in [0.2, 0.25) is 0 Å². The van der Waals surface area contributed by atoms with Gasteiger partial charge in [0.15, 0.2) is 11.7 Å². The van der Waals surface area contributed by atoms with Crippen molar-refractivity contribution in [3.05, 3.63) is 52.2 Å². The lowest BCUT2D eigenvalue weighted by Gasteiger charge is -2.45. The predicted molar refractivity (Wildman–Crippen MR) is 137 cm³/mol. The molecule has 3 aromatic rings. The number of phenols is 2. The number of benzene rings is 2. The number of aliphatic hydroxyl groups is 6. The van der Waals surface area contributed by atoms with E-state index >= 15 is 0 Å². The number of ether oxygens (including phenoxy) is 4. The Kier molecular flexibility index (Phi) is 8.20. The van der Waals surface area contributed by atoms with Gasteiger partial charge in [0.05, 0.1) is 25.9 Å². The number of methoxy groups -OCH3 is 1. The minimum absolute atomic E-state index is 0.00965. The highest BCUT2D eigenvalue weighted by Gasteiger charge is 2.50. The van der Waals surface area contributed by atoms with Gasteiger partial charge in [-0.2, -0.15) is 0 Å². The van der Waals surface area contributed by atoms with Gasteiger partial charge in [-0.1, -0.05) is 0 Å². The maximum Gasteiger partial charge on any atom is 0.197 e. The first-order valence-corrected chi connectivity index (χ1v) is 12.7. The van der Waals surface area contributed by atoms with E-state index in [9.17, 15) is 45.6 Å². The second-order valence-electron chi connectivity index (χ2n) is 9.85. The van der Waals surface area contributed by atoms with E-state index in [2.05, 4.69) is 0 Å². The second-order valence-corrected chi connectivity index (χ2v) is 9.85. The molecule has 5 rings (SSSR count). The number of phenolic OH excluding ortho intramolecular Hbond substituents is 2. The van der Waals surface area contributed by atoms with Crippen molar-refractivity contribution in [2.75, 3.05) is 20.3 Å². The Morgan fingerprint density at radius 2 is 1.66 bits per heavy atom. The van der Waals surface area contributed by atoms with E-state index in [1.165, 1.54) is 37.4 Å². The third kappa shape index (κ3) is 5.25. The van der Waals surface area contributed by atoms with Crippen LogP contribution < -0.4 is 10.2 Å². The summed E-state index contributed by atoms with van der Waals surface area (Å²) < 4.78 is 28.2. The average Bonchev–Trinajstić information content (AvgIpc) is 2.95. The minimum atomic E-state index is -1.79. The molecule has 2 fully saturated rings. The normalized spacial score (nSPS) is 32.2. The zero-order valence-electron chi connectivity index (χ0n) is 21.6. The van der Waals surface area contributed by atoms with Crippen LogP contribution in [0.4, 0.5) is 0 Å². The fourth-order valence-electron chi connectivity index (χ4n) is 5.04. The van der Waals surface area contributed by atoms with Crippen molar-refractivity contribution < 1.29 is 64.2 Å². The number of aromatic hydroxyl groups is 2. The molecule has 2 aliphatic heterocycles. The van der Waals surface area contributed by atoms with E-state index in [0.717, 1.165) is 6.07 Å². The molecule has 9 atom stereocenters. The van der Waals surface area contributed by atoms with Gasteiger partial charge in [0.1, 0.15) is 82.8 Å². The standard InChI is InChI=1S/C27H30O14/c1-37-15-7-16-18(12(30)6-14(39-16)10-2-4-11(29)5-3-10)22(34)19(15)25-26(23(35)21(33)17(8-28)40-25)41-27-24(36)20(32)13(31)9-38-27/h2-7,13,17,20-21,23-29,31-36H,8-9H2,1H3/t13-,17+,20-,21+,23-,24+,25-,26+,27-/m0/s1. The highest BCUT2D eigenvalue weighted by Crippen LogP contribution is 2.46. The molecule has 0 amide bonds. The molecule has 1 aromatic heterocycles. The Balaban J connectivity index is 1.61. The molecule has 0 radical (unpaired) electrons. The summed E-state index contributed by atoms with van der Waals surface area (Å²) in [5, 5.41) is 82.2. The zero-order chi connectivity index (χ0) is 29.6. The summed E-state index contributed by atoms with van der Waals surface area (Å²) in [6.45, 7) is -1.17. The molecule has 2 aliphatic rings. The lowest BCUT2D eigenvalue weighted by Crippen LogP contribution is -2.60. The van der Waals surface area contributed by atoms with Gasteiger partial charge < -0.3 is 64.2 Å². The van der Waals surface area contributed by atoms with Crippen molar-refractivity contribution in [2.45, 2.75) is 55.1 Å². The first-order chi connectivity index (χ1) is 19.5. The van der Waals surface area contributed by atoms with Crippen molar-refractivity contribution in [3.8, 4) is 28.6 Å². The van der Waals surface area contributed by atoms with E-state index in [4.69, 9.17) is 23.4 Å². The molecule has 2 saturated heterocycles. The van der Waals surface area contributed by atoms with Crippen LogP contribution in [0.2, 0.25) is 0 Å². The van der Waals surface area contributed by atoms with Crippen LogP contribution in [0, 0.1) is 0 Å². The Labute approximate surface area is 231 Å². The molecule has 8 N–H and O–H groups in total. The van der Waals surface area contributed by atoms with Crippen LogP contribution in [0.5, 0.6) is 17.2 Å². The smallest absolute Gasteiger partial charge is 0.197 e. The Bertz CT molecular complexity index is 1440. The van der Waals surface area contributed by atoms with E-state index in [-0.39, 0.29) is 33.8 Å². The summed E-state index contributed by atoms with van der Waals surface area (Å²) >= 11 is 0. The molecule has 0 unspecified atom stereocenters. The fourth-order valence-corrected chi connectivity index (χ4v) is 5.04. The summed E-state index contributed by atoms with van der Waals surface area (Å²) in [5.41, 5.74) is -0.472. The highest BCUT2D eigenvalue weighted by atomic mass is 16.7. The largest absolute Gasteiger partial charge is 0.508 e. The number of hydrogen-bond acceptors (Lipinski definition) is 14. The molecule has 0 bridgehead atoms. The van der Waals surface area contributed by atoms with Gasteiger partial charge >= 0.3 is 0 Å². The quantitative estimate of drug-likeness (QED) is 0.173. The summed E-state index contributed by atoms with van der Waals surface area (Å²) in [5.74, 6) is -0.601. The molecule has 0 spiro atoms. The van der Waals surface area contributed by atoms with Crippen molar-refractivity contribution in [3.63, 3.8) is 0 Å². The third-order valence-corrected chi connectivity index (χ3v) is 7.26. The van der Waals surface area contributed by atoms with Crippen LogP contribution in [0.15, 0.2) is 45.6 Å². The number of fused-ring (bicyclic) bond motifs is 1. The van der Waals surface area contributed by atoms with Crippen LogP contribution in [-0.2, 0) is 14.2 Å². The molecule has 0 saturated carbocycles. The predicted octanol–water partition coefficient (Wildman–Crippen LogP) is -1.14. The Hall–Kier alpha value is -3.31. The van der Waals surface area contributed by atoms with Gasteiger partial charge in [-0.25, -0.2) is 0 Å². The van der Waals surface area contributed by atoms with Crippen molar-refractivity contribution in [2.24, 2.45) is 0 Å². The summed E-state index contributed by atoms with van der Waals surface area (Å²) in [7, 11) is 1.26. The fraction of sp³-hybridized carbons (Fsp3) is 0.444. The van der Waals surface area contributed by atoms with E-state index < -0.39 is 79.5 Å². The molecular formula is C27H30O14. The van der Waals surface area contributed by atoms with Crippen LogP contribution in [0.3, 0.4) is 0 Å². The molecule has 41 heavy (non-hydrogen) atoms. The van der Waals surface area contributed by atoms with Crippen LogP contribution in [0.1, 0.15) is 11.7 Å². The molecule has 2 aromatic carbocycles. The summed E-state index contributed by atoms with van der Waals surface area (Å²) in [6, 6.07) is 8.31. The van der Waals surface area contributed by atoms with Gasteiger partial charge in [-0.3, -0.25) is 4.79 Å². The second kappa shape index (κ2) is 11.5. The van der Waals surface area contributed by atoms with Crippen molar-refractivity contribution in [1.82, 2.24) is 0 Å². The van der Waals surface area contributed by atoms with Crippen molar-refractivity contribution in [1.29, 1.82) is 0 Å². The molecule has 14 heteroatoms. The first kappa shape index (κ1) is 29.2. The maximum atomic E-state index is 13.2. The maximum absolute atomic E-state index is 13.2. The number of rotatable bonds is 6. The van der Waals surface area contributed by atoms with E-state index in [1.54, 1.807) is 0 Å². The SMILES string of the molecule is COc1cc2oc(-c3ccc(O)cc3)cc(=O)c2c(O)c1[C@@H]1O[C@H](CO)[C@@H](O)[C@H](O)[C@H]1O[C@@H]1OC[C@H](O)[C@H](O)[C@H]1O. The van der Waals surface area contributed by atoms with E-state index in [1.807, 2.05) is 0 Å². The lowest BCUT2D eigenvalue weighted by atomic mass is 9.89. The summed E-state index contributed by atoms with van der Waals surface area (Å²) in [4.78, 5) is 13.2. The van der Waals surface area contributed by atoms with Crippen LogP contribution in [0.25, 0.3) is 22.3 Å². The monoisotopic (exact) mass is 578 g/mol.